The monoisotopic (exact) mass is 435 g/mol. The van der Waals surface area contributed by atoms with Crippen LogP contribution in [0.1, 0.15) is 28.2 Å². The molecule has 0 saturated heterocycles. The normalized spacial score (nSPS) is 13.2. The Hall–Kier alpha value is -3.86. The maximum atomic E-state index is 12.4. The summed E-state index contributed by atoms with van der Waals surface area (Å²) < 4.78 is 11.2. The van der Waals surface area contributed by atoms with E-state index in [9.17, 15) is 9.59 Å². The zero-order valence-corrected chi connectivity index (χ0v) is 17.2. The molecule has 1 aromatic carbocycles. The van der Waals surface area contributed by atoms with Crippen molar-refractivity contribution in [1.29, 1.82) is 0 Å². The largest absolute Gasteiger partial charge is 0.438 e. The summed E-state index contributed by atoms with van der Waals surface area (Å²) in [6.07, 6.45) is 3.50. The molecule has 2 amide bonds. The van der Waals surface area contributed by atoms with Gasteiger partial charge in [0.2, 0.25) is 11.8 Å². The Labute approximate surface area is 180 Å². The number of aryl methyl sites for hydroxylation is 1. The summed E-state index contributed by atoms with van der Waals surface area (Å²) in [5, 5.41) is 13.8. The van der Waals surface area contributed by atoms with Crippen molar-refractivity contribution in [2.24, 2.45) is 5.92 Å². The third kappa shape index (κ3) is 4.21. The number of fused-ring (bicyclic) bond motifs is 1. The smallest absolute Gasteiger partial charge is 0.269 e. The number of nitrogens with one attached hydrogen (secondary N) is 2. The number of hydrogen-bond acceptors (Lipinski definition) is 8. The van der Waals surface area contributed by atoms with Crippen molar-refractivity contribution in [2.45, 2.75) is 19.8 Å². The molecule has 156 valence electrons. The van der Waals surface area contributed by atoms with Crippen LogP contribution in [0.4, 0.5) is 11.5 Å². The highest BCUT2D eigenvalue weighted by atomic mass is 32.1. The fourth-order valence-electron chi connectivity index (χ4n) is 2.94. The molecule has 2 N–H and O–H groups in total. The predicted molar refractivity (Wildman–Crippen MR) is 113 cm³/mol. The van der Waals surface area contributed by atoms with Gasteiger partial charge in [-0.05, 0) is 49.5 Å². The highest BCUT2D eigenvalue weighted by Crippen LogP contribution is 2.30. The van der Waals surface area contributed by atoms with Gasteiger partial charge in [-0.2, -0.15) is 0 Å². The molecule has 3 heterocycles. The average molecular weight is 435 g/mol. The number of amides is 2. The number of ether oxygens (including phenoxy) is 1. The van der Waals surface area contributed by atoms with Gasteiger partial charge in [-0.15, -0.1) is 10.2 Å². The van der Waals surface area contributed by atoms with Gasteiger partial charge < -0.3 is 15.4 Å². The van der Waals surface area contributed by atoms with E-state index in [2.05, 4.69) is 30.3 Å². The van der Waals surface area contributed by atoms with Crippen molar-refractivity contribution in [3.05, 3.63) is 53.2 Å². The first-order chi connectivity index (χ1) is 15.0. The molecular weight excluding hydrogens is 418 g/mol. The van der Waals surface area contributed by atoms with E-state index >= 15 is 0 Å². The minimum atomic E-state index is -0.275. The zero-order chi connectivity index (χ0) is 21.4. The Bertz CT molecular complexity index is 1290. The second-order valence-corrected chi connectivity index (χ2v) is 7.89. The standard InChI is InChI=1S/C20H17N7O3S/c1-11-18(31-26-24-11)20(29)21-13-3-2-4-14(9-13)30-17-8-7-16-22-15(10-27(16)25-17)23-19(28)12-5-6-12/h2-4,7-10,12H,5-6H2,1H3,(H,21,29)(H,23,28). The molecule has 0 spiro atoms. The third-order valence-corrected chi connectivity index (χ3v) is 5.49. The van der Waals surface area contributed by atoms with Crippen LogP contribution in [-0.2, 0) is 4.79 Å². The molecule has 0 radical (unpaired) electrons. The molecule has 1 fully saturated rings. The number of carbonyl (C=O) groups is 2. The highest BCUT2D eigenvalue weighted by molar-refractivity contribution is 7.08. The summed E-state index contributed by atoms with van der Waals surface area (Å²) in [7, 11) is 0. The van der Waals surface area contributed by atoms with E-state index in [4.69, 9.17) is 4.74 Å². The van der Waals surface area contributed by atoms with Crippen LogP contribution in [0, 0.1) is 12.8 Å². The van der Waals surface area contributed by atoms with Gasteiger partial charge in [0, 0.05) is 23.7 Å². The molecule has 31 heavy (non-hydrogen) atoms. The highest BCUT2D eigenvalue weighted by Gasteiger charge is 2.30. The Morgan fingerprint density at radius 1 is 1.19 bits per heavy atom. The van der Waals surface area contributed by atoms with Gasteiger partial charge in [0.25, 0.3) is 5.91 Å². The number of benzene rings is 1. The van der Waals surface area contributed by atoms with E-state index in [1.165, 1.54) is 0 Å². The van der Waals surface area contributed by atoms with Crippen LogP contribution >= 0.6 is 11.5 Å². The van der Waals surface area contributed by atoms with Crippen molar-refractivity contribution in [1.82, 2.24) is 24.2 Å². The van der Waals surface area contributed by atoms with E-state index in [-0.39, 0.29) is 17.7 Å². The summed E-state index contributed by atoms with van der Waals surface area (Å²) in [6, 6.07) is 10.4. The van der Waals surface area contributed by atoms with Crippen molar-refractivity contribution in [2.75, 3.05) is 10.6 Å². The summed E-state index contributed by atoms with van der Waals surface area (Å²) in [6.45, 7) is 1.73. The van der Waals surface area contributed by atoms with Crippen LogP contribution in [-0.4, -0.2) is 36.0 Å². The fourth-order valence-corrected chi connectivity index (χ4v) is 3.49. The van der Waals surface area contributed by atoms with E-state index in [0.29, 0.717) is 39.4 Å². The topological polar surface area (TPSA) is 123 Å². The van der Waals surface area contributed by atoms with Crippen molar-refractivity contribution < 1.29 is 14.3 Å². The van der Waals surface area contributed by atoms with Crippen molar-refractivity contribution in [3.8, 4) is 11.6 Å². The summed E-state index contributed by atoms with van der Waals surface area (Å²) in [5.41, 5.74) is 1.75. The molecule has 0 unspecified atom stereocenters. The molecule has 1 aliphatic rings. The predicted octanol–water partition coefficient (Wildman–Crippen LogP) is 3.28. The molecule has 0 bridgehead atoms. The number of hydrogen-bond donors (Lipinski definition) is 2. The van der Waals surface area contributed by atoms with Gasteiger partial charge in [0.1, 0.15) is 10.6 Å². The lowest BCUT2D eigenvalue weighted by atomic mass is 10.3. The summed E-state index contributed by atoms with van der Waals surface area (Å²) in [5.74, 6) is 1.12. The maximum Gasteiger partial charge on any atom is 0.269 e. The number of anilines is 2. The quantitative estimate of drug-likeness (QED) is 0.476. The Kier molecular flexibility index (Phi) is 4.79. The minimum Gasteiger partial charge on any atom is -0.438 e. The number of imidazole rings is 1. The average Bonchev–Trinajstić information content (AvgIpc) is 3.39. The molecule has 0 atom stereocenters. The van der Waals surface area contributed by atoms with Crippen molar-refractivity contribution in [3.63, 3.8) is 0 Å². The van der Waals surface area contributed by atoms with Crippen molar-refractivity contribution >= 4 is 40.5 Å². The molecule has 4 aromatic rings. The number of rotatable bonds is 6. The van der Waals surface area contributed by atoms with Gasteiger partial charge in [0.15, 0.2) is 11.5 Å². The molecule has 1 saturated carbocycles. The molecule has 10 nitrogen and oxygen atoms in total. The van der Waals surface area contributed by atoms with Gasteiger partial charge in [0.05, 0.1) is 11.9 Å². The van der Waals surface area contributed by atoms with Crippen LogP contribution in [0.2, 0.25) is 0 Å². The van der Waals surface area contributed by atoms with Crippen LogP contribution in [0.15, 0.2) is 42.6 Å². The second-order valence-electron chi connectivity index (χ2n) is 7.14. The zero-order valence-electron chi connectivity index (χ0n) is 16.4. The number of carbonyl (C=O) groups excluding carboxylic acids is 2. The van der Waals surface area contributed by atoms with E-state index in [0.717, 1.165) is 24.4 Å². The SMILES string of the molecule is Cc1nnsc1C(=O)Nc1cccc(Oc2ccc3nc(NC(=O)C4CC4)cn3n2)c1. The lowest BCUT2D eigenvalue weighted by Crippen LogP contribution is -2.13. The lowest BCUT2D eigenvalue weighted by Gasteiger charge is -2.08. The first-order valence-corrected chi connectivity index (χ1v) is 10.4. The van der Waals surface area contributed by atoms with Gasteiger partial charge in [-0.1, -0.05) is 10.6 Å². The van der Waals surface area contributed by atoms with Gasteiger partial charge in [-0.3, -0.25) is 9.59 Å². The molecule has 11 heteroatoms. The van der Waals surface area contributed by atoms with Gasteiger partial charge in [-0.25, -0.2) is 9.50 Å². The van der Waals surface area contributed by atoms with E-state index in [1.807, 2.05) is 0 Å². The molecule has 0 aliphatic heterocycles. The van der Waals surface area contributed by atoms with Crippen LogP contribution < -0.4 is 15.4 Å². The number of nitrogens with zero attached hydrogens (tertiary/aromatic N) is 5. The van der Waals surface area contributed by atoms with Crippen LogP contribution in [0.25, 0.3) is 5.65 Å². The summed E-state index contributed by atoms with van der Waals surface area (Å²) >= 11 is 1.05. The third-order valence-electron chi connectivity index (χ3n) is 4.67. The Balaban J connectivity index is 1.30. The van der Waals surface area contributed by atoms with Crippen LogP contribution in [0.3, 0.4) is 0 Å². The Morgan fingerprint density at radius 2 is 2.06 bits per heavy atom. The molecule has 3 aromatic heterocycles. The fraction of sp³-hybridized carbons (Fsp3) is 0.200. The second kappa shape index (κ2) is 7.76. The molecule has 5 rings (SSSR count). The molecule has 1 aliphatic carbocycles. The first-order valence-electron chi connectivity index (χ1n) is 9.61. The minimum absolute atomic E-state index is 0.0111. The maximum absolute atomic E-state index is 12.4. The lowest BCUT2D eigenvalue weighted by molar-refractivity contribution is -0.117. The Morgan fingerprint density at radius 3 is 2.84 bits per heavy atom. The molecular formula is C20H17N7O3S. The number of aromatic nitrogens is 5. The summed E-state index contributed by atoms with van der Waals surface area (Å²) in [4.78, 5) is 29.1. The first kappa shape index (κ1) is 19.1. The van der Waals surface area contributed by atoms with Crippen LogP contribution in [0.5, 0.6) is 11.6 Å². The van der Waals surface area contributed by atoms with E-state index in [1.54, 1.807) is 54.0 Å². The van der Waals surface area contributed by atoms with Gasteiger partial charge >= 0.3 is 0 Å². The van der Waals surface area contributed by atoms with E-state index < -0.39 is 0 Å².